The summed E-state index contributed by atoms with van der Waals surface area (Å²) in [5.74, 6) is 0.00936. The van der Waals surface area contributed by atoms with Crippen LogP contribution < -0.4 is 5.32 Å². The lowest BCUT2D eigenvalue weighted by atomic mass is 10.1. The Morgan fingerprint density at radius 2 is 2.06 bits per heavy atom. The van der Waals surface area contributed by atoms with Crippen molar-refractivity contribution in [3.8, 4) is 0 Å². The van der Waals surface area contributed by atoms with Gasteiger partial charge in [-0.3, -0.25) is 0 Å². The fourth-order valence-corrected chi connectivity index (χ4v) is 1.91. The molecule has 0 aromatic heterocycles. The Morgan fingerprint density at radius 1 is 1.38 bits per heavy atom. The number of benzene rings is 1. The van der Waals surface area contributed by atoms with Crippen LogP contribution in [0.1, 0.15) is 31.9 Å². The molecular formula is C13H17F2N. The SMILES string of the molecule is CC(NCC1CC1C)c1ccc(F)c(F)c1. The van der Waals surface area contributed by atoms with Gasteiger partial charge < -0.3 is 5.32 Å². The van der Waals surface area contributed by atoms with Crippen LogP contribution in [0.2, 0.25) is 0 Å². The normalized spacial score (nSPS) is 25.5. The molecule has 3 atom stereocenters. The van der Waals surface area contributed by atoms with Crippen LogP contribution in [0.15, 0.2) is 18.2 Å². The first-order chi connectivity index (χ1) is 7.58. The summed E-state index contributed by atoms with van der Waals surface area (Å²) in [7, 11) is 0. The highest BCUT2D eigenvalue weighted by molar-refractivity contribution is 5.20. The summed E-state index contributed by atoms with van der Waals surface area (Å²) in [4.78, 5) is 0. The fraction of sp³-hybridized carbons (Fsp3) is 0.538. The molecule has 0 amide bonds. The molecular weight excluding hydrogens is 208 g/mol. The smallest absolute Gasteiger partial charge is 0.159 e. The molecule has 3 heteroatoms. The first-order valence-corrected chi connectivity index (χ1v) is 5.76. The molecule has 0 radical (unpaired) electrons. The van der Waals surface area contributed by atoms with Crippen molar-refractivity contribution in [3.63, 3.8) is 0 Å². The molecule has 1 aliphatic rings. The largest absolute Gasteiger partial charge is 0.310 e. The van der Waals surface area contributed by atoms with Gasteiger partial charge in [0.05, 0.1) is 0 Å². The van der Waals surface area contributed by atoms with Crippen molar-refractivity contribution in [1.29, 1.82) is 0 Å². The summed E-state index contributed by atoms with van der Waals surface area (Å²) >= 11 is 0. The van der Waals surface area contributed by atoms with Crippen LogP contribution in [0.4, 0.5) is 8.78 Å². The lowest BCUT2D eigenvalue weighted by molar-refractivity contribution is 0.497. The van der Waals surface area contributed by atoms with E-state index in [0.717, 1.165) is 23.9 Å². The second-order valence-electron chi connectivity index (χ2n) is 4.78. The Bertz CT molecular complexity index is 378. The van der Waals surface area contributed by atoms with Crippen molar-refractivity contribution >= 4 is 0 Å². The predicted octanol–water partition coefficient (Wildman–Crippen LogP) is 3.27. The first kappa shape index (κ1) is 11.5. The van der Waals surface area contributed by atoms with Gasteiger partial charge in [-0.15, -0.1) is 0 Å². The van der Waals surface area contributed by atoms with Crippen LogP contribution in [-0.4, -0.2) is 6.54 Å². The summed E-state index contributed by atoms with van der Waals surface area (Å²) in [5, 5.41) is 3.35. The molecule has 1 fully saturated rings. The van der Waals surface area contributed by atoms with E-state index in [4.69, 9.17) is 0 Å². The predicted molar refractivity (Wildman–Crippen MR) is 60.0 cm³/mol. The summed E-state index contributed by atoms with van der Waals surface area (Å²) < 4.78 is 25.8. The van der Waals surface area contributed by atoms with E-state index in [1.807, 2.05) is 6.92 Å². The van der Waals surface area contributed by atoms with E-state index in [1.165, 1.54) is 18.6 Å². The molecule has 0 aliphatic heterocycles. The summed E-state index contributed by atoms with van der Waals surface area (Å²) in [6.07, 6.45) is 1.28. The van der Waals surface area contributed by atoms with E-state index in [1.54, 1.807) is 6.07 Å². The zero-order valence-electron chi connectivity index (χ0n) is 9.63. The van der Waals surface area contributed by atoms with E-state index in [9.17, 15) is 8.78 Å². The second-order valence-corrected chi connectivity index (χ2v) is 4.78. The van der Waals surface area contributed by atoms with Gasteiger partial charge in [-0.2, -0.15) is 0 Å². The average Bonchev–Trinajstić information content (AvgIpc) is 2.95. The molecule has 1 aromatic rings. The lowest BCUT2D eigenvalue weighted by Gasteiger charge is -2.14. The monoisotopic (exact) mass is 225 g/mol. The highest BCUT2D eigenvalue weighted by Gasteiger charge is 2.32. The van der Waals surface area contributed by atoms with E-state index >= 15 is 0 Å². The van der Waals surface area contributed by atoms with Gasteiger partial charge >= 0.3 is 0 Å². The third-order valence-electron chi connectivity index (χ3n) is 3.41. The molecule has 0 saturated heterocycles. The zero-order valence-corrected chi connectivity index (χ0v) is 9.63. The maximum absolute atomic E-state index is 13.0. The van der Waals surface area contributed by atoms with E-state index < -0.39 is 11.6 Å². The van der Waals surface area contributed by atoms with Gasteiger partial charge in [-0.25, -0.2) is 8.78 Å². The van der Waals surface area contributed by atoms with E-state index in [0.29, 0.717) is 0 Å². The molecule has 1 nitrogen and oxygen atoms in total. The van der Waals surface area contributed by atoms with Gasteiger partial charge in [-0.05, 0) is 49.4 Å². The van der Waals surface area contributed by atoms with Crippen LogP contribution >= 0.6 is 0 Å². The molecule has 16 heavy (non-hydrogen) atoms. The number of nitrogens with one attached hydrogen (secondary N) is 1. The van der Waals surface area contributed by atoms with Crippen molar-refractivity contribution < 1.29 is 8.78 Å². The quantitative estimate of drug-likeness (QED) is 0.829. The number of rotatable bonds is 4. The molecule has 0 bridgehead atoms. The molecule has 2 rings (SSSR count). The molecule has 88 valence electrons. The van der Waals surface area contributed by atoms with Crippen molar-refractivity contribution in [2.45, 2.75) is 26.3 Å². The molecule has 1 saturated carbocycles. The number of hydrogen-bond acceptors (Lipinski definition) is 1. The number of halogens is 2. The maximum Gasteiger partial charge on any atom is 0.159 e. The molecule has 1 aliphatic carbocycles. The minimum absolute atomic E-state index is 0.0721. The summed E-state index contributed by atoms with van der Waals surface area (Å²) in [5.41, 5.74) is 0.798. The minimum Gasteiger partial charge on any atom is -0.310 e. The van der Waals surface area contributed by atoms with E-state index in [-0.39, 0.29) is 6.04 Å². The van der Waals surface area contributed by atoms with E-state index in [2.05, 4.69) is 12.2 Å². The molecule has 0 heterocycles. The Labute approximate surface area is 94.9 Å². The summed E-state index contributed by atoms with van der Waals surface area (Å²) in [6.45, 7) is 5.16. The molecule has 1 N–H and O–H groups in total. The molecule has 3 unspecified atom stereocenters. The van der Waals surface area contributed by atoms with Crippen molar-refractivity contribution in [1.82, 2.24) is 5.32 Å². The summed E-state index contributed by atoms with van der Waals surface area (Å²) in [6, 6.07) is 4.15. The van der Waals surface area contributed by atoms with Crippen molar-refractivity contribution in [3.05, 3.63) is 35.4 Å². The van der Waals surface area contributed by atoms with Gasteiger partial charge in [0.15, 0.2) is 11.6 Å². The highest BCUT2D eigenvalue weighted by Crippen LogP contribution is 2.37. The maximum atomic E-state index is 13.0. The Balaban J connectivity index is 1.92. The third kappa shape index (κ3) is 2.59. The Morgan fingerprint density at radius 3 is 2.62 bits per heavy atom. The average molecular weight is 225 g/mol. The fourth-order valence-electron chi connectivity index (χ4n) is 1.91. The van der Waals surface area contributed by atoms with Crippen molar-refractivity contribution in [2.75, 3.05) is 6.54 Å². The van der Waals surface area contributed by atoms with Gasteiger partial charge in [0, 0.05) is 6.04 Å². The minimum atomic E-state index is -0.785. The lowest BCUT2D eigenvalue weighted by Crippen LogP contribution is -2.21. The van der Waals surface area contributed by atoms with Crippen LogP contribution in [0.25, 0.3) is 0 Å². The standard InChI is InChI=1S/C13H17F2N/c1-8-5-11(8)7-16-9(2)10-3-4-12(14)13(15)6-10/h3-4,6,8-9,11,16H,5,7H2,1-2H3. The van der Waals surface area contributed by atoms with Gasteiger partial charge in [0.2, 0.25) is 0 Å². The topological polar surface area (TPSA) is 12.0 Å². The Kier molecular flexibility index (Phi) is 3.24. The van der Waals surface area contributed by atoms with Crippen LogP contribution in [-0.2, 0) is 0 Å². The number of hydrogen-bond donors (Lipinski definition) is 1. The second kappa shape index (κ2) is 4.50. The van der Waals surface area contributed by atoms with Crippen LogP contribution in [0, 0.1) is 23.5 Å². The highest BCUT2D eigenvalue weighted by atomic mass is 19.2. The Hall–Kier alpha value is -0.960. The van der Waals surface area contributed by atoms with Crippen molar-refractivity contribution in [2.24, 2.45) is 11.8 Å². The zero-order chi connectivity index (χ0) is 11.7. The van der Waals surface area contributed by atoms with Gasteiger partial charge in [-0.1, -0.05) is 13.0 Å². The third-order valence-corrected chi connectivity index (χ3v) is 3.41. The van der Waals surface area contributed by atoms with Gasteiger partial charge in [0.1, 0.15) is 0 Å². The first-order valence-electron chi connectivity index (χ1n) is 5.76. The van der Waals surface area contributed by atoms with Crippen LogP contribution in [0.3, 0.4) is 0 Å². The van der Waals surface area contributed by atoms with Gasteiger partial charge in [0.25, 0.3) is 0 Å². The molecule has 0 spiro atoms. The van der Waals surface area contributed by atoms with Crippen LogP contribution in [0.5, 0.6) is 0 Å². The molecule has 1 aromatic carbocycles.